The van der Waals surface area contributed by atoms with Gasteiger partial charge in [0.25, 0.3) is 0 Å². The monoisotopic (exact) mass is 506 g/mol. The molecule has 1 aliphatic heterocycles. The number of piperazine rings is 1. The molecule has 1 unspecified atom stereocenters. The van der Waals surface area contributed by atoms with Crippen LogP contribution in [0, 0.1) is 6.92 Å². The van der Waals surface area contributed by atoms with E-state index in [1.165, 1.54) is 11.3 Å². The second-order valence-electron chi connectivity index (χ2n) is 7.71. The predicted octanol–water partition coefficient (Wildman–Crippen LogP) is 3.25. The third-order valence-electron chi connectivity index (χ3n) is 4.50. The topological polar surface area (TPSA) is 47.9 Å². The minimum Gasteiger partial charge on any atom is -0.368 e. The van der Waals surface area contributed by atoms with Gasteiger partial charge in [0.1, 0.15) is 0 Å². The second-order valence-corrected chi connectivity index (χ2v) is 10.0. The Morgan fingerprint density at radius 2 is 1.89 bits per heavy atom. The summed E-state index contributed by atoms with van der Waals surface area (Å²) in [4.78, 5) is 9.47. The highest BCUT2D eigenvalue weighted by Crippen LogP contribution is 2.18. The summed E-state index contributed by atoms with van der Waals surface area (Å²) >= 11 is 0. The van der Waals surface area contributed by atoms with E-state index < -0.39 is 10.8 Å². The summed E-state index contributed by atoms with van der Waals surface area (Å²) in [5.74, 6) is 1.56. The smallest absolute Gasteiger partial charge is 0.194 e. The number of nitrogens with zero attached hydrogens (tertiary/aromatic N) is 3. The second kappa shape index (κ2) is 11.2. The van der Waals surface area contributed by atoms with Crippen LogP contribution in [0.1, 0.15) is 33.3 Å². The van der Waals surface area contributed by atoms with Crippen LogP contribution in [0.2, 0.25) is 0 Å². The molecule has 0 spiro atoms. The third-order valence-corrected chi connectivity index (χ3v) is 6.42. The van der Waals surface area contributed by atoms with Gasteiger partial charge in [-0.1, -0.05) is 12.1 Å². The van der Waals surface area contributed by atoms with Gasteiger partial charge < -0.3 is 15.1 Å². The van der Waals surface area contributed by atoms with Gasteiger partial charge in [-0.15, -0.1) is 24.0 Å². The van der Waals surface area contributed by atoms with Crippen molar-refractivity contribution in [2.45, 2.75) is 39.4 Å². The Bertz CT molecular complexity index is 637. The first-order chi connectivity index (χ1) is 12.3. The van der Waals surface area contributed by atoms with Gasteiger partial charge >= 0.3 is 0 Å². The predicted molar refractivity (Wildman–Crippen MR) is 129 cm³/mol. The molecule has 154 valence electrons. The van der Waals surface area contributed by atoms with E-state index in [2.05, 4.69) is 53.2 Å². The van der Waals surface area contributed by atoms with E-state index in [9.17, 15) is 4.21 Å². The van der Waals surface area contributed by atoms with Crippen LogP contribution in [0.5, 0.6) is 0 Å². The molecule has 0 aliphatic carbocycles. The van der Waals surface area contributed by atoms with Crippen molar-refractivity contribution in [2.75, 3.05) is 49.9 Å². The molecule has 27 heavy (non-hydrogen) atoms. The molecule has 2 rings (SSSR count). The van der Waals surface area contributed by atoms with Crippen LogP contribution in [0.3, 0.4) is 0 Å². The lowest BCUT2D eigenvalue weighted by Gasteiger charge is -2.37. The van der Waals surface area contributed by atoms with Crippen LogP contribution < -0.4 is 10.2 Å². The maximum absolute atomic E-state index is 12.2. The first kappa shape index (κ1) is 24.2. The lowest BCUT2D eigenvalue weighted by Crippen LogP contribution is -2.52. The molecule has 7 heteroatoms. The average molecular weight is 506 g/mol. The van der Waals surface area contributed by atoms with Gasteiger partial charge in [-0.05, 0) is 52.3 Å². The van der Waals surface area contributed by atoms with Crippen molar-refractivity contribution in [2.24, 2.45) is 4.99 Å². The molecule has 1 aromatic carbocycles. The maximum atomic E-state index is 12.2. The van der Waals surface area contributed by atoms with Crippen molar-refractivity contribution in [3.63, 3.8) is 0 Å². The number of rotatable bonds is 5. The number of nitrogens with one attached hydrogen (secondary N) is 1. The number of halogens is 1. The molecule has 1 heterocycles. The van der Waals surface area contributed by atoms with E-state index in [1.54, 1.807) is 0 Å². The zero-order chi connectivity index (χ0) is 19.2. The third kappa shape index (κ3) is 7.60. The molecule has 1 atom stereocenters. The molecular formula is C20H35IN4OS. The van der Waals surface area contributed by atoms with E-state index in [4.69, 9.17) is 4.99 Å². The van der Waals surface area contributed by atoms with Crippen molar-refractivity contribution >= 4 is 46.4 Å². The number of aliphatic imine (C=N–C) groups is 1. The van der Waals surface area contributed by atoms with Crippen molar-refractivity contribution in [1.82, 2.24) is 10.2 Å². The maximum Gasteiger partial charge on any atom is 0.194 e. The van der Waals surface area contributed by atoms with Gasteiger partial charge in [0.2, 0.25) is 0 Å². The molecule has 0 aromatic heterocycles. The minimum atomic E-state index is -0.857. The Balaban J connectivity index is 0.00000364. The molecule has 0 amide bonds. The van der Waals surface area contributed by atoms with Crippen LogP contribution in [-0.4, -0.2) is 64.8 Å². The standard InChI is InChI=1S/C20H34N4OS.HI/c1-6-21-19(22-10-15-26(25)20(3,4)5)24-13-11-23(12-14-24)18-9-7-8-17(2)16-18;/h7-9,16H,6,10-15H2,1-5H3,(H,21,22);1H. The fourth-order valence-electron chi connectivity index (χ4n) is 2.97. The lowest BCUT2D eigenvalue weighted by molar-refractivity contribution is 0.373. The zero-order valence-electron chi connectivity index (χ0n) is 17.3. The Morgan fingerprint density at radius 1 is 1.22 bits per heavy atom. The van der Waals surface area contributed by atoms with Crippen LogP contribution >= 0.6 is 24.0 Å². The number of hydrogen-bond donors (Lipinski definition) is 1. The summed E-state index contributed by atoms with van der Waals surface area (Å²) in [5, 5.41) is 3.39. The number of aryl methyl sites for hydroxylation is 1. The normalized spacial score (nSPS) is 16.7. The van der Waals surface area contributed by atoms with Gasteiger partial charge in [0.05, 0.1) is 6.54 Å². The van der Waals surface area contributed by atoms with Gasteiger partial charge in [0.15, 0.2) is 5.96 Å². The fourth-order valence-corrected chi connectivity index (χ4v) is 3.84. The van der Waals surface area contributed by atoms with Gasteiger partial charge in [-0.2, -0.15) is 0 Å². The molecule has 0 saturated carbocycles. The summed E-state index contributed by atoms with van der Waals surface area (Å²) in [5.41, 5.74) is 2.60. The quantitative estimate of drug-likeness (QED) is 0.379. The van der Waals surface area contributed by atoms with Gasteiger partial charge in [-0.25, -0.2) is 0 Å². The summed E-state index contributed by atoms with van der Waals surface area (Å²) in [6, 6.07) is 8.69. The molecule has 5 nitrogen and oxygen atoms in total. The number of benzene rings is 1. The molecule has 1 N–H and O–H groups in total. The van der Waals surface area contributed by atoms with E-state index >= 15 is 0 Å². The van der Waals surface area contributed by atoms with E-state index in [0.717, 1.165) is 38.7 Å². The zero-order valence-corrected chi connectivity index (χ0v) is 20.5. The van der Waals surface area contributed by atoms with E-state index in [0.29, 0.717) is 12.3 Å². The first-order valence-electron chi connectivity index (χ1n) is 9.54. The molecule has 0 bridgehead atoms. The average Bonchev–Trinajstić information content (AvgIpc) is 2.60. The molecule has 1 fully saturated rings. The highest BCUT2D eigenvalue weighted by Gasteiger charge is 2.21. The van der Waals surface area contributed by atoms with Gasteiger partial charge in [-0.3, -0.25) is 9.20 Å². The van der Waals surface area contributed by atoms with Crippen molar-refractivity contribution in [3.8, 4) is 0 Å². The Hall–Kier alpha value is -0.830. The number of guanidine groups is 1. The first-order valence-corrected chi connectivity index (χ1v) is 10.9. The molecule has 1 saturated heterocycles. The summed E-state index contributed by atoms with van der Waals surface area (Å²) < 4.78 is 12.0. The van der Waals surface area contributed by atoms with Crippen LogP contribution in [-0.2, 0) is 10.8 Å². The van der Waals surface area contributed by atoms with Crippen LogP contribution in [0.4, 0.5) is 5.69 Å². The Kier molecular flexibility index (Phi) is 10.1. The summed E-state index contributed by atoms with van der Waals surface area (Å²) in [6.07, 6.45) is 0. The van der Waals surface area contributed by atoms with E-state index in [-0.39, 0.29) is 28.7 Å². The summed E-state index contributed by atoms with van der Waals surface area (Å²) in [7, 11) is -0.857. The van der Waals surface area contributed by atoms with E-state index in [1.807, 2.05) is 20.8 Å². The van der Waals surface area contributed by atoms with Crippen molar-refractivity contribution in [3.05, 3.63) is 29.8 Å². The minimum absolute atomic E-state index is 0. The lowest BCUT2D eigenvalue weighted by atomic mass is 10.2. The fraction of sp³-hybridized carbons (Fsp3) is 0.650. The summed E-state index contributed by atoms with van der Waals surface area (Å²) in [6.45, 7) is 15.6. The Morgan fingerprint density at radius 3 is 2.44 bits per heavy atom. The Labute approximate surface area is 184 Å². The highest BCUT2D eigenvalue weighted by molar-refractivity contribution is 14.0. The van der Waals surface area contributed by atoms with Crippen molar-refractivity contribution in [1.29, 1.82) is 0 Å². The molecule has 0 radical (unpaired) electrons. The number of anilines is 1. The molecular weight excluding hydrogens is 471 g/mol. The van der Waals surface area contributed by atoms with Crippen molar-refractivity contribution < 1.29 is 4.21 Å². The highest BCUT2D eigenvalue weighted by atomic mass is 127. The van der Waals surface area contributed by atoms with Crippen LogP contribution in [0.15, 0.2) is 29.3 Å². The van der Waals surface area contributed by atoms with Crippen LogP contribution in [0.25, 0.3) is 0 Å². The number of hydrogen-bond acceptors (Lipinski definition) is 3. The largest absolute Gasteiger partial charge is 0.368 e. The van der Waals surface area contributed by atoms with Gasteiger partial charge in [0, 0.05) is 59.7 Å². The molecule has 1 aromatic rings. The SMILES string of the molecule is CCNC(=NCCS(=O)C(C)(C)C)N1CCN(c2cccc(C)c2)CC1.I. The molecule has 1 aliphatic rings.